The molecule has 9 heteroatoms. The molecule has 0 saturated carbocycles. The largest absolute Gasteiger partial charge is 0.417 e. The van der Waals surface area contributed by atoms with E-state index in [1.807, 2.05) is 13.1 Å². The summed E-state index contributed by atoms with van der Waals surface area (Å²) in [4.78, 5) is 30.2. The number of pyridine rings is 1. The highest BCUT2D eigenvalue weighted by atomic mass is 16.6. The molecule has 0 aliphatic carbocycles. The van der Waals surface area contributed by atoms with Crippen LogP contribution in [0.1, 0.15) is 5.69 Å². The number of aromatic nitrogens is 3. The van der Waals surface area contributed by atoms with Gasteiger partial charge in [-0.2, -0.15) is 0 Å². The van der Waals surface area contributed by atoms with Crippen molar-refractivity contribution >= 4 is 17.5 Å². The minimum atomic E-state index is -0.720. The Balaban J connectivity index is 1.61. The number of anilines is 1. The number of nitro groups is 1. The summed E-state index contributed by atoms with van der Waals surface area (Å²) in [5.74, 6) is 0.858. The average Bonchev–Trinajstić information content (AvgIpc) is 3.02. The number of amides is 1. The van der Waals surface area contributed by atoms with Gasteiger partial charge in [-0.05, 0) is 31.2 Å². The van der Waals surface area contributed by atoms with Crippen LogP contribution in [0.15, 0.2) is 55.1 Å². The molecule has 3 aromatic rings. The van der Waals surface area contributed by atoms with Crippen molar-refractivity contribution in [2.24, 2.45) is 0 Å². The number of nitrogens with one attached hydrogen (secondary N) is 1. The lowest BCUT2D eigenvalue weighted by molar-refractivity contribution is -0.384. The number of non-ortho nitro benzene ring substituents is 1. The summed E-state index contributed by atoms with van der Waals surface area (Å²) in [6.07, 6.45) is 4.25. The van der Waals surface area contributed by atoms with Gasteiger partial charge in [0.15, 0.2) is 0 Å². The fourth-order valence-electron chi connectivity index (χ4n) is 2.05. The van der Waals surface area contributed by atoms with Gasteiger partial charge in [-0.15, -0.1) is 0 Å². The number of hydrogen-bond acceptors (Lipinski definition) is 6. The molecule has 1 aromatic carbocycles. The van der Waals surface area contributed by atoms with Crippen molar-refractivity contribution < 1.29 is 14.5 Å². The second-order valence-corrected chi connectivity index (χ2v) is 5.09. The molecule has 0 atom stereocenters. The highest BCUT2D eigenvalue weighted by Crippen LogP contribution is 2.18. The molecule has 0 aliphatic rings. The Labute approximate surface area is 142 Å². The average molecular weight is 339 g/mol. The zero-order valence-corrected chi connectivity index (χ0v) is 13.1. The van der Waals surface area contributed by atoms with E-state index in [-0.39, 0.29) is 11.4 Å². The summed E-state index contributed by atoms with van der Waals surface area (Å²) >= 11 is 0. The fourth-order valence-corrected chi connectivity index (χ4v) is 2.05. The highest BCUT2D eigenvalue weighted by Gasteiger charge is 2.09. The Morgan fingerprint density at radius 1 is 1.20 bits per heavy atom. The molecular weight excluding hydrogens is 326 g/mol. The number of nitro benzene ring substituents is 1. The van der Waals surface area contributed by atoms with Gasteiger partial charge in [0.2, 0.25) is 0 Å². The maximum atomic E-state index is 11.8. The van der Waals surface area contributed by atoms with Gasteiger partial charge >= 0.3 is 6.09 Å². The lowest BCUT2D eigenvalue weighted by Crippen LogP contribution is -2.16. The third-order valence-corrected chi connectivity index (χ3v) is 3.23. The minimum absolute atomic E-state index is 0.0812. The van der Waals surface area contributed by atoms with Crippen LogP contribution in [0.4, 0.5) is 16.2 Å². The molecule has 1 amide bonds. The zero-order valence-electron chi connectivity index (χ0n) is 13.1. The number of imidazole rings is 1. The van der Waals surface area contributed by atoms with E-state index in [2.05, 4.69) is 15.3 Å². The lowest BCUT2D eigenvalue weighted by Gasteiger charge is -2.07. The maximum Gasteiger partial charge on any atom is 0.417 e. The predicted molar refractivity (Wildman–Crippen MR) is 88.8 cm³/mol. The van der Waals surface area contributed by atoms with E-state index in [4.69, 9.17) is 4.74 Å². The van der Waals surface area contributed by atoms with Crippen molar-refractivity contribution in [3.63, 3.8) is 0 Å². The number of hydrogen-bond donors (Lipinski definition) is 1. The quantitative estimate of drug-likeness (QED) is 0.577. The van der Waals surface area contributed by atoms with Gasteiger partial charge in [0.05, 0.1) is 22.5 Å². The highest BCUT2D eigenvalue weighted by molar-refractivity contribution is 5.86. The molecule has 0 spiro atoms. The van der Waals surface area contributed by atoms with Gasteiger partial charge in [0, 0.05) is 18.3 Å². The Bertz CT molecular complexity index is 903. The Morgan fingerprint density at radius 2 is 1.96 bits per heavy atom. The molecule has 0 aliphatic heterocycles. The topological polar surface area (TPSA) is 112 Å². The maximum absolute atomic E-state index is 11.8. The lowest BCUT2D eigenvalue weighted by atomic mass is 10.3. The Morgan fingerprint density at radius 3 is 2.52 bits per heavy atom. The van der Waals surface area contributed by atoms with Crippen LogP contribution < -0.4 is 10.1 Å². The van der Waals surface area contributed by atoms with Crippen LogP contribution in [0, 0.1) is 17.0 Å². The van der Waals surface area contributed by atoms with E-state index in [0.717, 1.165) is 5.69 Å². The van der Waals surface area contributed by atoms with Crippen molar-refractivity contribution in [2.45, 2.75) is 6.92 Å². The number of ether oxygens (including phenoxy) is 1. The number of carbonyl (C=O) groups is 1. The first-order chi connectivity index (χ1) is 12.0. The van der Waals surface area contributed by atoms with E-state index in [0.29, 0.717) is 11.5 Å². The van der Waals surface area contributed by atoms with Crippen LogP contribution in [-0.2, 0) is 0 Å². The van der Waals surface area contributed by atoms with E-state index >= 15 is 0 Å². The molecule has 0 fully saturated rings. The van der Waals surface area contributed by atoms with Crippen molar-refractivity contribution in [3.8, 4) is 11.6 Å². The smallest absolute Gasteiger partial charge is 0.410 e. The first-order valence-electron chi connectivity index (χ1n) is 7.21. The summed E-state index contributed by atoms with van der Waals surface area (Å²) in [7, 11) is 0. The van der Waals surface area contributed by atoms with Crippen molar-refractivity contribution in [1.82, 2.24) is 14.5 Å². The van der Waals surface area contributed by atoms with Crippen LogP contribution in [0.5, 0.6) is 5.75 Å². The number of rotatable bonds is 4. The molecule has 0 bridgehead atoms. The number of carbonyl (C=O) groups excluding carboxylic acids is 1. The molecule has 0 unspecified atom stereocenters. The van der Waals surface area contributed by atoms with Crippen molar-refractivity contribution in [3.05, 3.63) is 70.9 Å². The Hall–Kier alpha value is -3.75. The van der Waals surface area contributed by atoms with Crippen LogP contribution in [0.25, 0.3) is 5.82 Å². The summed E-state index contributed by atoms with van der Waals surface area (Å²) in [6.45, 7) is 1.88. The van der Waals surface area contributed by atoms with Gasteiger partial charge in [0.1, 0.15) is 17.9 Å². The summed E-state index contributed by atoms with van der Waals surface area (Å²) in [5.41, 5.74) is 1.24. The number of aryl methyl sites for hydroxylation is 1. The van der Waals surface area contributed by atoms with Crippen LogP contribution >= 0.6 is 0 Å². The first kappa shape index (κ1) is 16.1. The molecule has 1 N–H and O–H groups in total. The zero-order chi connectivity index (χ0) is 17.8. The van der Waals surface area contributed by atoms with Gasteiger partial charge in [-0.25, -0.2) is 14.8 Å². The SMILES string of the molecule is Cc1cn(-c2ccc(NC(=O)Oc3ccc([N+](=O)[O-])cc3)cn2)cn1. The third kappa shape index (κ3) is 3.96. The van der Waals surface area contributed by atoms with Gasteiger partial charge in [-0.3, -0.25) is 20.0 Å². The summed E-state index contributed by atoms with van der Waals surface area (Å²) < 4.78 is 6.81. The molecule has 0 saturated heterocycles. The number of nitrogens with zero attached hydrogens (tertiary/aromatic N) is 4. The molecule has 2 aromatic heterocycles. The van der Waals surface area contributed by atoms with E-state index in [1.54, 1.807) is 23.0 Å². The van der Waals surface area contributed by atoms with Gasteiger partial charge < -0.3 is 4.74 Å². The molecule has 3 rings (SSSR count). The van der Waals surface area contributed by atoms with Gasteiger partial charge in [0.25, 0.3) is 5.69 Å². The summed E-state index contributed by atoms with van der Waals surface area (Å²) in [6, 6.07) is 8.61. The minimum Gasteiger partial charge on any atom is -0.410 e. The van der Waals surface area contributed by atoms with Crippen molar-refractivity contribution in [2.75, 3.05) is 5.32 Å². The molecule has 126 valence electrons. The summed E-state index contributed by atoms with van der Waals surface area (Å²) in [5, 5.41) is 13.1. The predicted octanol–water partition coefficient (Wildman–Crippen LogP) is 3.09. The number of benzene rings is 1. The van der Waals surface area contributed by atoms with E-state index in [9.17, 15) is 14.9 Å². The second-order valence-electron chi connectivity index (χ2n) is 5.09. The second kappa shape index (κ2) is 6.79. The molecule has 2 heterocycles. The van der Waals surface area contributed by atoms with E-state index in [1.165, 1.54) is 30.5 Å². The van der Waals surface area contributed by atoms with Crippen molar-refractivity contribution in [1.29, 1.82) is 0 Å². The van der Waals surface area contributed by atoms with E-state index < -0.39 is 11.0 Å². The normalized spacial score (nSPS) is 10.3. The molecule has 0 radical (unpaired) electrons. The van der Waals surface area contributed by atoms with Gasteiger partial charge in [-0.1, -0.05) is 0 Å². The van der Waals surface area contributed by atoms with Crippen LogP contribution in [-0.4, -0.2) is 25.6 Å². The Kier molecular flexibility index (Phi) is 4.38. The standard InChI is InChI=1S/C16H13N5O4/c1-11-9-20(10-18-11)15-7-2-12(8-17-15)19-16(22)25-14-5-3-13(4-6-14)21(23)24/h2-10H,1H3,(H,19,22). The monoisotopic (exact) mass is 339 g/mol. The van der Waals surface area contributed by atoms with Crippen LogP contribution in [0.3, 0.4) is 0 Å². The first-order valence-corrected chi connectivity index (χ1v) is 7.21. The third-order valence-electron chi connectivity index (χ3n) is 3.23. The fraction of sp³-hybridized carbons (Fsp3) is 0.0625. The molecular formula is C16H13N5O4. The molecule has 9 nitrogen and oxygen atoms in total. The molecule has 25 heavy (non-hydrogen) atoms. The van der Waals surface area contributed by atoms with Crippen LogP contribution in [0.2, 0.25) is 0 Å².